The van der Waals surface area contributed by atoms with Gasteiger partial charge in [0, 0.05) is 11.5 Å². The van der Waals surface area contributed by atoms with Crippen LogP contribution in [0, 0.1) is 5.41 Å². The van der Waals surface area contributed by atoms with E-state index in [1.807, 2.05) is 6.92 Å². The first kappa shape index (κ1) is 18.3. The van der Waals surface area contributed by atoms with Crippen LogP contribution in [-0.2, 0) is 0 Å². The van der Waals surface area contributed by atoms with Crippen LogP contribution in [0.15, 0.2) is 72.5 Å². The standard InChI is InChI=1S/C24H27FN/c1-5-24(6-2)13-16-26-15-12-19-9-7-8-10-20(19)23(26)21(17-18(3)4)22(24)11-14-25/h7-13,15-17H,3,5-6,14H2,1-2,4H3/q+1. The molecule has 1 aliphatic heterocycles. The van der Waals surface area contributed by atoms with Crippen molar-refractivity contribution in [1.29, 1.82) is 0 Å². The Balaban J connectivity index is 2.44. The highest BCUT2D eigenvalue weighted by molar-refractivity contribution is 5.96. The number of fused-ring (bicyclic) bond motifs is 3. The lowest BCUT2D eigenvalue weighted by Gasteiger charge is -2.30. The van der Waals surface area contributed by atoms with Gasteiger partial charge < -0.3 is 0 Å². The molecule has 0 saturated carbocycles. The summed E-state index contributed by atoms with van der Waals surface area (Å²) >= 11 is 0. The van der Waals surface area contributed by atoms with Crippen molar-refractivity contribution in [2.45, 2.75) is 33.6 Å². The molecule has 0 atom stereocenters. The number of halogens is 1. The van der Waals surface area contributed by atoms with E-state index in [-0.39, 0.29) is 5.41 Å². The molecule has 1 aliphatic rings. The molecule has 0 unspecified atom stereocenters. The maximum atomic E-state index is 13.6. The summed E-state index contributed by atoms with van der Waals surface area (Å²) in [7, 11) is 0. The molecule has 1 nitrogen and oxygen atoms in total. The Morgan fingerprint density at radius 2 is 1.92 bits per heavy atom. The molecule has 1 aromatic heterocycles. The molecule has 0 radical (unpaired) electrons. The molecule has 0 fully saturated rings. The smallest absolute Gasteiger partial charge is 0.226 e. The van der Waals surface area contributed by atoms with Gasteiger partial charge in [0.05, 0.1) is 11.0 Å². The Morgan fingerprint density at radius 1 is 1.19 bits per heavy atom. The van der Waals surface area contributed by atoms with Gasteiger partial charge in [0.1, 0.15) is 6.67 Å². The van der Waals surface area contributed by atoms with Gasteiger partial charge in [-0.05, 0) is 55.0 Å². The zero-order chi connectivity index (χ0) is 18.7. The molecule has 1 aromatic carbocycles. The summed E-state index contributed by atoms with van der Waals surface area (Å²) in [4.78, 5) is 0. The predicted molar refractivity (Wildman–Crippen MR) is 109 cm³/mol. The molecule has 134 valence electrons. The quantitative estimate of drug-likeness (QED) is 0.573. The number of hydrogen-bond donors (Lipinski definition) is 0. The Hall–Kier alpha value is -2.48. The minimum Gasteiger partial charge on any atom is -0.247 e. The van der Waals surface area contributed by atoms with Crippen molar-refractivity contribution in [3.63, 3.8) is 0 Å². The minimum absolute atomic E-state index is 0.180. The number of hydrogen-bond acceptors (Lipinski definition) is 0. The van der Waals surface area contributed by atoms with E-state index in [1.54, 1.807) is 6.08 Å². The summed E-state index contributed by atoms with van der Waals surface area (Å²) in [5.74, 6) is 0. The summed E-state index contributed by atoms with van der Waals surface area (Å²) in [6, 6.07) is 10.5. The molecule has 3 rings (SSSR count). The zero-order valence-electron chi connectivity index (χ0n) is 15.9. The van der Waals surface area contributed by atoms with Gasteiger partial charge in [0.15, 0.2) is 12.4 Å². The molecule has 0 N–H and O–H groups in total. The Bertz CT molecular complexity index is 926. The number of nitrogens with zero attached hydrogens (tertiary/aromatic N) is 1. The topological polar surface area (TPSA) is 3.88 Å². The molecular formula is C24H27FN+. The van der Waals surface area contributed by atoms with Gasteiger partial charge in [-0.1, -0.05) is 44.2 Å². The van der Waals surface area contributed by atoms with Crippen molar-refractivity contribution >= 4 is 22.5 Å². The van der Waals surface area contributed by atoms with Crippen LogP contribution in [-0.4, -0.2) is 6.67 Å². The van der Waals surface area contributed by atoms with Crippen LogP contribution in [0.1, 0.15) is 39.3 Å². The van der Waals surface area contributed by atoms with Crippen LogP contribution in [0.25, 0.3) is 22.5 Å². The van der Waals surface area contributed by atoms with Crippen LogP contribution in [0.4, 0.5) is 4.39 Å². The average molecular weight is 348 g/mol. The van der Waals surface area contributed by atoms with Gasteiger partial charge in [0.25, 0.3) is 0 Å². The van der Waals surface area contributed by atoms with Gasteiger partial charge in [-0.2, -0.15) is 4.57 Å². The lowest BCUT2D eigenvalue weighted by molar-refractivity contribution is -0.569. The molecule has 0 spiro atoms. The van der Waals surface area contributed by atoms with Crippen molar-refractivity contribution in [2.75, 3.05) is 6.67 Å². The van der Waals surface area contributed by atoms with Gasteiger partial charge >= 0.3 is 0 Å². The highest BCUT2D eigenvalue weighted by Gasteiger charge is 2.37. The largest absolute Gasteiger partial charge is 0.247 e. The molecular weight excluding hydrogens is 321 g/mol. The van der Waals surface area contributed by atoms with E-state index < -0.39 is 6.67 Å². The summed E-state index contributed by atoms with van der Waals surface area (Å²) in [5, 5.41) is 2.35. The number of allylic oxidation sites excluding steroid dienone is 6. The average Bonchev–Trinajstić information content (AvgIpc) is 2.78. The second-order valence-corrected chi connectivity index (χ2v) is 7.01. The molecule has 2 heterocycles. The zero-order valence-corrected chi connectivity index (χ0v) is 15.9. The van der Waals surface area contributed by atoms with Gasteiger partial charge in [0.2, 0.25) is 5.69 Å². The second-order valence-electron chi connectivity index (χ2n) is 7.01. The summed E-state index contributed by atoms with van der Waals surface area (Å²) in [5.41, 5.74) is 4.02. The third-order valence-corrected chi connectivity index (χ3v) is 5.46. The lowest BCUT2D eigenvalue weighted by atomic mass is 9.71. The van der Waals surface area contributed by atoms with Crippen LogP contribution >= 0.6 is 0 Å². The van der Waals surface area contributed by atoms with Crippen molar-refractivity contribution < 1.29 is 8.96 Å². The van der Waals surface area contributed by atoms with E-state index in [0.717, 1.165) is 35.3 Å². The summed E-state index contributed by atoms with van der Waals surface area (Å²) in [6.07, 6.45) is 12.2. The Labute approximate surface area is 155 Å². The van der Waals surface area contributed by atoms with E-state index in [9.17, 15) is 4.39 Å². The van der Waals surface area contributed by atoms with Crippen LogP contribution < -0.4 is 4.57 Å². The molecule has 26 heavy (non-hydrogen) atoms. The minimum atomic E-state index is -0.469. The number of benzene rings is 1. The van der Waals surface area contributed by atoms with Gasteiger partial charge in [-0.3, -0.25) is 0 Å². The third-order valence-electron chi connectivity index (χ3n) is 5.46. The maximum Gasteiger partial charge on any atom is 0.226 e. The highest BCUT2D eigenvalue weighted by atomic mass is 19.1. The highest BCUT2D eigenvalue weighted by Crippen LogP contribution is 2.46. The first-order chi connectivity index (χ1) is 12.6. The monoisotopic (exact) mass is 348 g/mol. The van der Waals surface area contributed by atoms with Crippen molar-refractivity contribution in [1.82, 2.24) is 0 Å². The lowest BCUT2D eigenvalue weighted by Crippen LogP contribution is -2.30. The second kappa shape index (κ2) is 7.41. The fourth-order valence-corrected chi connectivity index (χ4v) is 4.00. The van der Waals surface area contributed by atoms with Crippen LogP contribution in [0.2, 0.25) is 0 Å². The normalized spacial score (nSPS) is 18.9. The number of aromatic nitrogens is 1. The molecule has 0 saturated heterocycles. The SMILES string of the molecule is C=C(C)C=C1C(=CCF)C(CC)(CC)C=C[n+]2ccc3ccccc3c21. The molecule has 2 heteroatoms. The van der Waals surface area contributed by atoms with E-state index in [0.29, 0.717) is 0 Å². The van der Waals surface area contributed by atoms with Crippen LogP contribution in [0.3, 0.4) is 0 Å². The molecule has 0 aliphatic carbocycles. The first-order valence-corrected chi connectivity index (χ1v) is 9.33. The molecule has 2 aromatic rings. The molecule has 0 bridgehead atoms. The summed E-state index contributed by atoms with van der Waals surface area (Å²) < 4.78 is 15.7. The fraction of sp³-hybridized carbons (Fsp3) is 0.292. The van der Waals surface area contributed by atoms with Crippen molar-refractivity contribution in [3.8, 4) is 0 Å². The van der Waals surface area contributed by atoms with E-state index in [1.165, 1.54) is 10.8 Å². The van der Waals surface area contributed by atoms with Crippen LogP contribution in [0.5, 0.6) is 0 Å². The van der Waals surface area contributed by atoms with E-state index in [2.05, 4.69) is 79.9 Å². The number of alkyl halides is 1. The Kier molecular flexibility index (Phi) is 5.22. The number of pyridine rings is 1. The van der Waals surface area contributed by atoms with Crippen molar-refractivity contribution in [3.05, 3.63) is 78.2 Å². The van der Waals surface area contributed by atoms with E-state index in [4.69, 9.17) is 0 Å². The summed E-state index contributed by atoms with van der Waals surface area (Å²) in [6.45, 7) is 9.98. The van der Waals surface area contributed by atoms with Gasteiger partial charge in [-0.15, -0.1) is 0 Å². The Morgan fingerprint density at radius 3 is 2.58 bits per heavy atom. The third kappa shape index (κ3) is 3.05. The van der Waals surface area contributed by atoms with Gasteiger partial charge in [-0.25, -0.2) is 4.39 Å². The molecule has 0 amide bonds. The number of rotatable bonds is 4. The van der Waals surface area contributed by atoms with E-state index >= 15 is 0 Å². The maximum absolute atomic E-state index is 13.6. The predicted octanol–water partition coefficient (Wildman–Crippen LogP) is 6.27. The fourth-order valence-electron chi connectivity index (χ4n) is 4.00. The van der Waals surface area contributed by atoms with Crippen molar-refractivity contribution in [2.24, 2.45) is 5.41 Å². The first-order valence-electron chi connectivity index (χ1n) is 9.33.